The van der Waals surface area contributed by atoms with Gasteiger partial charge in [0.1, 0.15) is 11.9 Å². The minimum absolute atomic E-state index is 0.0525. The van der Waals surface area contributed by atoms with E-state index in [1.807, 2.05) is 36.4 Å². The first-order valence-electron chi connectivity index (χ1n) is 9.75. The summed E-state index contributed by atoms with van der Waals surface area (Å²) in [6.07, 6.45) is -0.230. The zero-order chi connectivity index (χ0) is 22.2. The molecule has 3 aromatic carbocycles. The highest BCUT2D eigenvalue weighted by molar-refractivity contribution is 6.00. The van der Waals surface area contributed by atoms with Gasteiger partial charge in [-0.1, -0.05) is 48.5 Å². The van der Waals surface area contributed by atoms with E-state index in [1.165, 1.54) is 18.2 Å². The summed E-state index contributed by atoms with van der Waals surface area (Å²) in [6, 6.07) is 19.2. The van der Waals surface area contributed by atoms with Gasteiger partial charge in [-0.15, -0.1) is 0 Å². The topological polar surface area (TPSA) is 105 Å². The number of aromatic hydroxyl groups is 1. The fraction of sp³-hybridized carbons (Fsp3) is 0.167. The van der Waals surface area contributed by atoms with Crippen LogP contribution in [0.5, 0.6) is 5.75 Å². The van der Waals surface area contributed by atoms with E-state index in [4.69, 9.17) is 14.6 Å². The molecule has 0 fully saturated rings. The number of hydrogen-bond donors (Lipinski definition) is 3. The summed E-state index contributed by atoms with van der Waals surface area (Å²) < 4.78 is 11.3. The summed E-state index contributed by atoms with van der Waals surface area (Å²) in [6.45, 7) is 2.03. The summed E-state index contributed by atoms with van der Waals surface area (Å²) in [7, 11) is 0. The van der Waals surface area contributed by atoms with E-state index in [0.717, 1.165) is 16.8 Å². The van der Waals surface area contributed by atoms with Crippen LogP contribution in [-0.4, -0.2) is 35.0 Å². The van der Waals surface area contributed by atoms with Gasteiger partial charge in [0.05, 0.1) is 5.69 Å². The largest absolute Gasteiger partial charge is 0.508 e. The molecule has 3 aromatic rings. The lowest BCUT2D eigenvalue weighted by atomic mass is 10.0. The van der Waals surface area contributed by atoms with Crippen LogP contribution in [0.15, 0.2) is 78.9 Å². The maximum Gasteiger partial charge on any atom is 0.412 e. The summed E-state index contributed by atoms with van der Waals surface area (Å²) in [5.74, 6) is -1.09. The zero-order valence-corrected chi connectivity index (χ0v) is 16.9. The quantitative estimate of drug-likeness (QED) is 0.448. The summed E-state index contributed by atoms with van der Waals surface area (Å²) in [5, 5.41) is 23.2. The van der Waals surface area contributed by atoms with Crippen molar-refractivity contribution < 1.29 is 29.3 Å². The number of fused-ring (bicyclic) bond motifs is 1. The van der Waals surface area contributed by atoms with Crippen molar-refractivity contribution in [1.82, 2.24) is 0 Å². The first-order valence-corrected chi connectivity index (χ1v) is 9.75. The second-order valence-electron chi connectivity index (χ2n) is 6.69. The molecule has 0 bridgehead atoms. The van der Waals surface area contributed by atoms with Gasteiger partial charge in [0.15, 0.2) is 6.10 Å². The number of nitrogens with one attached hydrogen (secondary N) is 1. The molecule has 160 valence electrons. The second kappa shape index (κ2) is 10.3. The zero-order valence-electron chi connectivity index (χ0n) is 16.9. The first-order chi connectivity index (χ1) is 15.0. The SMILES string of the molecule is CCO[C@@H](/C=C/C(=O)O)[C@@H](OC(=O)Nc1cccc2ccccc12)c1ccc(O)cc1. The number of anilines is 1. The fourth-order valence-corrected chi connectivity index (χ4v) is 3.19. The van der Waals surface area contributed by atoms with Crippen molar-refractivity contribution in [2.24, 2.45) is 0 Å². The molecule has 0 aliphatic carbocycles. The molecule has 2 atom stereocenters. The molecular weight excluding hydrogens is 398 g/mol. The van der Waals surface area contributed by atoms with E-state index < -0.39 is 24.3 Å². The number of hydrogen-bond acceptors (Lipinski definition) is 5. The molecule has 3 N–H and O–H groups in total. The van der Waals surface area contributed by atoms with E-state index in [1.54, 1.807) is 25.1 Å². The van der Waals surface area contributed by atoms with E-state index in [9.17, 15) is 14.7 Å². The molecule has 0 aliphatic rings. The van der Waals surface area contributed by atoms with E-state index >= 15 is 0 Å². The Morgan fingerprint density at radius 3 is 2.45 bits per heavy atom. The van der Waals surface area contributed by atoms with Crippen LogP contribution >= 0.6 is 0 Å². The lowest BCUT2D eigenvalue weighted by Gasteiger charge is -2.25. The third kappa shape index (κ3) is 5.83. The third-order valence-electron chi connectivity index (χ3n) is 4.57. The van der Waals surface area contributed by atoms with Crippen molar-refractivity contribution >= 4 is 28.5 Å². The van der Waals surface area contributed by atoms with Crippen LogP contribution in [-0.2, 0) is 14.3 Å². The summed E-state index contributed by atoms with van der Waals surface area (Å²) >= 11 is 0. The molecule has 31 heavy (non-hydrogen) atoms. The Kier molecular flexibility index (Phi) is 7.24. The van der Waals surface area contributed by atoms with E-state index in [0.29, 0.717) is 11.3 Å². The minimum atomic E-state index is -1.14. The number of aliphatic carboxylic acids is 1. The van der Waals surface area contributed by atoms with Crippen molar-refractivity contribution in [2.45, 2.75) is 19.1 Å². The van der Waals surface area contributed by atoms with Gasteiger partial charge in [-0.05, 0) is 42.1 Å². The maximum absolute atomic E-state index is 12.8. The third-order valence-corrected chi connectivity index (χ3v) is 4.57. The number of phenols is 1. The Labute approximate surface area is 179 Å². The number of carbonyl (C=O) groups is 2. The number of benzene rings is 3. The fourth-order valence-electron chi connectivity index (χ4n) is 3.19. The van der Waals surface area contributed by atoms with Crippen molar-refractivity contribution in [3.05, 3.63) is 84.4 Å². The van der Waals surface area contributed by atoms with Gasteiger partial charge in [-0.3, -0.25) is 5.32 Å². The Balaban J connectivity index is 1.88. The highest BCUT2D eigenvalue weighted by Gasteiger charge is 2.26. The summed E-state index contributed by atoms with van der Waals surface area (Å²) in [5.41, 5.74) is 1.13. The molecule has 3 rings (SSSR count). The molecular formula is C24H23NO6. The molecule has 0 heterocycles. The number of rotatable bonds is 8. The average Bonchev–Trinajstić information content (AvgIpc) is 2.76. The Bertz CT molecular complexity index is 1070. The van der Waals surface area contributed by atoms with Crippen LogP contribution in [0.4, 0.5) is 10.5 Å². The predicted molar refractivity (Wildman–Crippen MR) is 117 cm³/mol. The van der Waals surface area contributed by atoms with Gasteiger partial charge >= 0.3 is 12.1 Å². The Morgan fingerprint density at radius 1 is 1.03 bits per heavy atom. The minimum Gasteiger partial charge on any atom is -0.508 e. The van der Waals surface area contributed by atoms with Gasteiger partial charge in [-0.2, -0.15) is 0 Å². The average molecular weight is 421 g/mol. The number of amides is 1. The van der Waals surface area contributed by atoms with Crippen LogP contribution in [0, 0.1) is 0 Å². The van der Waals surface area contributed by atoms with Crippen molar-refractivity contribution in [1.29, 1.82) is 0 Å². The van der Waals surface area contributed by atoms with Crippen LogP contribution in [0.2, 0.25) is 0 Å². The lowest BCUT2D eigenvalue weighted by molar-refractivity contribution is -0.131. The molecule has 7 nitrogen and oxygen atoms in total. The maximum atomic E-state index is 12.8. The Hall–Kier alpha value is -3.84. The molecule has 0 aromatic heterocycles. The number of ether oxygens (including phenoxy) is 2. The van der Waals surface area contributed by atoms with Crippen molar-refractivity contribution in [3.8, 4) is 5.75 Å². The van der Waals surface area contributed by atoms with Gasteiger partial charge in [0.25, 0.3) is 0 Å². The van der Waals surface area contributed by atoms with Gasteiger partial charge in [0, 0.05) is 18.1 Å². The molecule has 7 heteroatoms. The van der Waals surface area contributed by atoms with E-state index in [2.05, 4.69) is 5.32 Å². The lowest BCUT2D eigenvalue weighted by Crippen LogP contribution is -2.28. The molecule has 0 aliphatic heterocycles. The molecule has 0 radical (unpaired) electrons. The molecule has 0 spiro atoms. The Morgan fingerprint density at radius 2 is 1.74 bits per heavy atom. The number of phenolic OH excluding ortho intramolecular Hbond substituents is 1. The van der Waals surface area contributed by atoms with Crippen LogP contribution in [0.25, 0.3) is 10.8 Å². The standard InChI is InChI=1S/C24H23NO6/c1-2-30-21(14-15-22(27)28)23(17-10-12-18(26)13-11-17)31-24(29)25-20-9-5-7-16-6-3-4-8-19(16)20/h3-15,21,23,26H,2H2,1H3,(H,25,29)(H,27,28)/b15-14+/t21-,23-/m0/s1. The molecule has 0 saturated heterocycles. The second-order valence-corrected chi connectivity index (χ2v) is 6.69. The summed E-state index contributed by atoms with van der Waals surface area (Å²) in [4.78, 5) is 23.8. The van der Waals surface area contributed by atoms with Gasteiger partial charge < -0.3 is 19.7 Å². The van der Waals surface area contributed by atoms with Crippen LogP contribution < -0.4 is 5.32 Å². The number of carboxylic acids is 1. The van der Waals surface area contributed by atoms with E-state index in [-0.39, 0.29) is 12.4 Å². The number of carbonyl (C=O) groups excluding carboxylic acids is 1. The molecule has 1 amide bonds. The smallest absolute Gasteiger partial charge is 0.412 e. The molecule has 0 saturated carbocycles. The van der Waals surface area contributed by atoms with Gasteiger partial charge in [0.2, 0.25) is 0 Å². The highest BCUT2D eigenvalue weighted by Crippen LogP contribution is 2.28. The molecule has 0 unspecified atom stereocenters. The highest BCUT2D eigenvalue weighted by atomic mass is 16.6. The normalized spacial score (nSPS) is 13.1. The predicted octanol–water partition coefficient (Wildman–Crippen LogP) is 4.88. The van der Waals surface area contributed by atoms with Gasteiger partial charge in [-0.25, -0.2) is 9.59 Å². The monoisotopic (exact) mass is 421 g/mol. The first kappa shape index (κ1) is 21.9. The van der Waals surface area contributed by atoms with Crippen molar-refractivity contribution in [3.63, 3.8) is 0 Å². The number of carboxylic acid groups (broad SMARTS) is 1. The van der Waals surface area contributed by atoms with Crippen LogP contribution in [0.3, 0.4) is 0 Å². The van der Waals surface area contributed by atoms with Crippen molar-refractivity contribution in [2.75, 3.05) is 11.9 Å². The van der Waals surface area contributed by atoms with Crippen LogP contribution in [0.1, 0.15) is 18.6 Å².